The molecule has 1 aliphatic rings. The zero-order valence-corrected chi connectivity index (χ0v) is 13.5. The largest absolute Gasteiger partial charge is 0.326 e. The maximum atomic E-state index is 11.6. The number of hydrogen-bond donors (Lipinski definition) is 2. The van der Waals surface area contributed by atoms with Gasteiger partial charge in [-0.1, -0.05) is 35.3 Å². The molecule has 0 saturated carbocycles. The summed E-state index contributed by atoms with van der Waals surface area (Å²) in [6, 6.07) is 7.39. The number of hydrogen-bond acceptors (Lipinski definition) is 3. The van der Waals surface area contributed by atoms with Crippen LogP contribution in [0.4, 0.5) is 5.69 Å². The van der Waals surface area contributed by atoms with E-state index in [0.717, 1.165) is 35.2 Å². The molecule has 0 radical (unpaired) electrons. The van der Waals surface area contributed by atoms with Crippen LogP contribution in [0.5, 0.6) is 0 Å². The summed E-state index contributed by atoms with van der Waals surface area (Å²) in [5.41, 5.74) is 10.1. The Morgan fingerprint density at radius 3 is 2.76 bits per heavy atom. The van der Waals surface area contributed by atoms with Crippen LogP contribution in [0, 0.1) is 0 Å². The Kier molecular flexibility index (Phi) is 4.22. The van der Waals surface area contributed by atoms with Crippen molar-refractivity contribution in [2.75, 3.05) is 5.32 Å². The van der Waals surface area contributed by atoms with Gasteiger partial charge in [0.25, 0.3) is 0 Å². The second-order valence-electron chi connectivity index (χ2n) is 5.08. The molecular weight excluding hydrogens is 327 g/mol. The van der Waals surface area contributed by atoms with Crippen LogP contribution >= 0.6 is 34.5 Å². The normalized spacial score (nSPS) is 16.0. The Bertz CT molecular complexity index is 699. The van der Waals surface area contributed by atoms with E-state index in [0.29, 0.717) is 15.1 Å². The number of thiophene rings is 1. The van der Waals surface area contributed by atoms with E-state index < -0.39 is 0 Å². The molecule has 1 aliphatic heterocycles. The summed E-state index contributed by atoms with van der Waals surface area (Å²) < 4.78 is 1.25. The van der Waals surface area contributed by atoms with Crippen LogP contribution in [0.1, 0.15) is 35.6 Å². The van der Waals surface area contributed by atoms with Crippen molar-refractivity contribution < 1.29 is 4.79 Å². The zero-order valence-electron chi connectivity index (χ0n) is 11.2. The number of nitrogens with two attached hydrogens (primary N) is 1. The highest BCUT2D eigenvalue weighted by molar-refractivity contribution is 7.20. The molecule has 0 spiro atoms. The third-order valence-corrected chi connectivity index (χ3v) is 5.15. The SMILES string of the molecule is NC(c1ccc2c(c1)CCCC(=O)N2)c1cc(Cl)sc1Cl. The van der Waals surface area contributed by atoms with E-state index in [1.807, 2.05) is 24.3 Å². The first-order valence-corrected chi connectivity index (χ1v) is 8.25. The Labute approximate surface area is 137 Å². The molecule has 6 heteroatoms. The quantitative estimate of drug-likeness (QED) is 0.852. The summed E-state index contributed by atoms with van der Waals surface area (Å²) in [4.78, 5) is 11.6. The molecule has 2 heterocycles. The molecule has 110 valence electrons. The minimum absolute atomic E-state index is 0.0680. The average molecular weight is 341 g/mol. The third kappa shape index (κ3) is 3.09. The number of benzene rings is 1. The first-order chi connectivity index (χ1) is 10.0. The predicted octanol–water partition coefficient (Wildman–Crippen LogP) is 4.38. The van der Waals surface area contributed by atoms with Crippen LogP contribution in [0.3, 0.4) is 0 Å². The van der Waals surface area contributed by atoms with E-state index in [4.69, 9.17) is 28.9 Å². The van der Waals surface area contributed by atoms with Crippen LogP contribution < -0.4 is 11.1 Å². The Hall–Kier alpha value is -1.07. The molecule has 1 atom stereocenters. The second-order valence-corrected chi connectivity index (χ2v) is 7.36. The van der Waals surface area contributed by atoms with Crippen molar-refractivity contribution in [3.8, 4) is 0 Å². The summed E-state index contributed by atoms with van der Waals surface area (Å²) in [5, 5.41) is 2.92. The maximum Gasteiger partial charge on any atom is 0.224 e. The Balaban J connectivity index is 1.95. The van der Waals surface area contributed by atoms with Gasteiger partial charge in [-0.05, 0) is 36.1 Å². The van der Waals surface area contributed by atoms with Gasteiger partial charge in [0.05, 0.1) is 14.7 Å². The van der Waals surface area contributed by atoms with Gasteiger partial charge in [-0.3, -0.25) is 4.79 Å². The molecule has 1 aromatic carbocycles. The molecule has 0 aliphatic carbocycles. The number of rotatable bonds is 2. The molecule has 0 bridgehead atoms. The highest BCUT2D eigenvalue weighted by Crippen LogP contribution is 2.37. The topological polar surface area (TPSA) is 55.1 Å². The van der Waals surface area contributed by atoms with E-state index in [1.165, 1.54) is 11.3 Å². The van der Waals surface area contributed by atoms with Crippen molar-refractivity contribution in [3.05, 3.63) is 49.6 Å². The van der Waals surface area contributed by atoms with Crippen LogP contribution in [0.25, 0.3) is 0 Å². The predicted molar refractivity (Wildman–Crippen MR) is 88.4 cm³/mol. The maximum absolute atomic E-state index is 11.6. The molecular formula is C15H14Cl2N2OS. The monoisotopic (exact) mass is 340 g/mol. The summed E-state index contributed by atoms with van der Waals surface area (Å²) in [7, 11) is 0. The van der Waals surface area contributed by atoms with Crippen LogP contribution in [-0.4, -0.2) is 5.91 Å². The van der Waals surface area contributed by atoms with Crippen LogP contribution in [-0.2, 0) is 11.2 Å². The highest BCUT2D eigenvalue weighted by atomic mass is 35.5. The van der Waals surface area contributed by atoms with Crippen molar-refractivity contribution in [1.29, 1.82) is 0 Å². The molecule has 21 heavy (non-hydrogen) atoms. The summed E-state index contributed by atoms with van der Waals surface area (Å²) >= 11 is 13.5. The van der Waals surface area contributed by atoms with Crippen molar-refractivity contribution in [2.24, 2.45) is 5.73 Å². The van der Waals surface area contributed by atoms with Crippen molar-refractivity contribution >= 4 is 46.1 Å². The third-order valence-electron chi connectivity index (χ3n) is 3.63. The van der Waals surface area contributed by atoms with Crippen molar-refractivity contribution in [1.82, 2.24) is 0 Å². The number of carbonyl (C=O) groups is 1. The lowest BCUT2D eigenvalue weighted by Crippen LogP contribution is -2.13. The van der Waals surface area contributed by atoms with Gasteiger partial charge in [0, 0.05) is 17.7 Å². The molecule has 1 aromatic heterocycles. The lowest BCUT2D eigenvalue weighted by molar-refractivity contribution is -0.116. The van der Waals surface area contributed by atoms with Crippen molar-refractivity contribution in [3.63, 3.8) is 0 Å². The van der Waals surface area contributed by atoms with E-state index >= 15 is 0 Å². The van der Waals surface area contributed by atoms with E-state index in [1.54, 1.807) is 0 Å². The van der Waals surface area contributed by atoms with Crippen LogP contribution in [0.15, 0.2) is 24.3 Å². The second kappa shape index (κ2) is 5.97. The van der Waals surface area contributed by atoms with Gasteiger partial charge in [-0.15, -0.1) is 11.3 Å². The fourth-order valence-electron chi connectivity index (χ4n) is 2.53. The highest BCUT2D eigenvalue weighted by Gasteiger charge is 2.18. The minimum atomic E-state index is -0.314. The number of aryl methyl sites for hydroxylation is 1. The molecule has 2 aromatic rings. The smallest absolute Gasteiger partial charge is 0.224 e. The molecule has 0 saturated heterocycles. The fourth-order valence-corrected chi connectivity index (χ4v) is 4.08. The number of carbonyl (C=O) groups excluding carboxylic acids is 1. The molecule has 1 amide bonds. The van der Waals surface area contributed by atoms with E-state index in [9.17, 15) is 4.79 Å². The van der Waals surface area contributed by atoms with Crippen LogP contribution in [0.2, 0.25) is 8.67 Å². The van der Waals surface area contributed by atoms with Gasteiger partial charge < -0.3 is 11.1 Å². The summed E-state index contributed by atoms with van der Waals surface area (Å²) in [6.45, 7) is 0. The summed E-state index contributed by atoms with van der Waals surface area (Å²) in [6.07, 6.45) is 2.28. The molecule has 3 rings (SSSR count). The van der Waals surface area contributed by atoms with Gasteiger partial charge in [0.15, 0.2) is 0 Å². The number of anilines is 1. The first kappa shape index (κ1) is 14.9. The average Bonchev–Trinajstić information content (AvgIpc) is 2.67. The molecule has 1 unspecified atom stereocenters. The number of amides is 1. The van der Waals surface area contributed by atoms with E-state index in [2.05, 4.69) is 5.32 Å². The summed E-state index contributed by atoms with van der Waals surface area (Å²) in [5.74, 6) is 0.0680. The Morgan fingerprint density at radius 2 is 2.05 bits per heavy atom. The van der Waals surface area contributed by atoms with Crippen molar-refractivity contribution in [2.45, 2.75) is 25.3 Å². The lowest BCUT2D eigenvalue weighted by atomic mass is 9.97. The van der Waals surface area contributed by atoms with Gasteiger partial charge in [0.2, 0.25) is 5.91 Å². The number of fused-ring (bicyclic) bond motifs is 1. The molecule has 0 fully saturated rings. The molecule has 3 N–H and O–H groups in total. The zero-order chi connectivity index (χ0) is 15.0. The number of halogens is 2. The van der Waals surface area contributed by atoms with Gasteiger partial charge in [-0.2, -0.15) is 0 Å². The van der Waals surface area contributed by atoms with Gasteiger partial charge in [-0.25, -0.2) is 0 Å². The lowest BCUT2D eigenvalue weighted by Gasteiger charge is -2.15. The van der Waals surface area contributed by atoms with Gasteiger partial charge in [0.1, 0.15) is 0 Å². The fraction of sp³-hybridized carbons (Fsp3) is 0.267. The number of nitrogens with one attached hydrogen (secondary N) is 1. The molecule has 3 nitrogen and oxygen atoms in total. The minimum Gasteiger partial charge on any atom is -0.326 e. The Morgan fingerprint density at radius 1 is 1.24 bits per heavy atom. The first-order valence-electron chi connectivity index (χ1n) is 6.67. The van der Waals surface area contributed by atoms with Gasteiger partial charge >= 0.3 is 0 Å². The van der Waals surface area contributed by atoms with E-state index in [-0.39, 0.29) is 11.9 Å². The standard InChI is InChI=1S/C15H14Cl2N2OS/c16-12-7-10(15(17)21-12)14(18)9-4-5-11-8(6-9)2-1-3-13(20)19-11/h4-7,14H,1-3,18H2,(H,19,20).